The summed E-state index contributed by atoms with van der Waals surface area (Å²) in [6.07, 6.45) is 5.82. The highest BCUT2D eigenvalue weighted by molar-refractivity contribution is 5.95. The topological polar surface area (TPSA) is 180 Å². The molecule has 0 amide bonds. The molecule has 296 valence electrons. The molecule has 2 spiro atoms. The monoisotopic (exact) mass is 775 g/mol. The van der Waals surface area contributed by atoms with E-state index in [-0.39, 0.29) is 26.2 Å². The lowest BCUT2D eigenvalue weighted by Crippen LogP contribution is -2.80. The number of nitrogens with zero attached hydrogens (tertiary/aromatic N) is 3. The molecule has 1 aromatic heterocycles. The summed E-state index contributed by atoms with van der Waals surface area (Å²) in [6.45, 7) is 0.142. The second-order valence-electron chi connectivity index (χ2n) is 12.5. The molecule has 4 heterocycles. The molecular weight excluding hydrogens is 734 g/mol. The van der Waals surface area contributed by atoms with Gasteiger partial charge in [-0.15, -0.1) is 0 Å². The maximum Gasteiger partial charge on any atom is 0.420 e. The van der Waals surface area contributed by atoms with E-state index in [4.69, 9.17) is 47.4 Å². The first-order valence-electron chi connectivity index (χ1n) is 17.4. The molecule has 3 aromatic rings. The Balaban J connectivity index is 1.39. The highest BCUT2D eigenvalue weighted by atomic mass is 16.8. The number of rotatable bonds is 13. The zero-order valence-corrected chi connectivity index (χ0v) is 31.7. The number of hydrogen-bond donors (Lipinski definition) is 0. The van der Waals surface area contributed by atoms with Crippen LogP contribution in [0.15, 0.2) is 66.9 Å². The van der Waals surface area contributed by atoms with Crippen LogP contribution in [0.4, 0.5) is 0 Å². The number of methoxy groups -OCH3 is 6. The summed E-state index contributed by atoms with van der Waals surface area (Å²) < 4.78 is 56.9. The number of aryl methyl sites for hydroxylation is 1. The van der Waals surface area contributed by atoms with E-state index < -0.39 is 35.7 Å². The molecular formula is C39H41N3O14. The van der Waals surface area contributed by atoms with E-state index in [1.54, 1.807) is 36.5 Å². The Morgan fingerprint density at radius 2 is 1.12 bits per heavy atom. The summed E-state index contributed by atoms with van der Waals surface area (Å²) in [5.41, 5.74) is 2.49. The highest BCUT2D eigenvalue weighted by Gasteiger charge is 2.74. The highest BCUT2D eigenvalue weighted by Crippen LogP contribution is 2.46. The zero-order valence-electron chi connectivity index (χ0n) is 31.7. The zero-order chi connectivity index (χ0) is 40.0. The minimum Gasteiger partial charge on any atom is -0.493 e. The Labute approximate surface area is 322 Å². The quantitative estimate of drug-likeness (QED) is 0.231. The number of benzene rings is 2. The minimum absolute atomic E-state index is 0.0619. The van der Waals surface area contributed by atoms with E-state index in [2.05, 4.69) is 4.98 Å². The fourth-order valence-electron chi connectivity index (χ4n) is 6.89. The van der Waals surface area contributed by atoms with Crippen LogP contribution in [-0.4, -0.2) is 113 Å². The summed E-state index contributed by atoms with van der Waals surface area (Å²) in [5.74, 6) is -6.76. The van der Waals surface area contributed by atoms with Gasteiger partial charge in [-0.3, -0.25) is 4.98 Å². The largest absolute Gasteiger partial charge is 0.493 e. The van der Waals surface area contributed by atoms with Crippen molar-refractivity contribution < 1.29 is 66.5 Å². The Hall–Kier alpha value is -6.33. The number of carbonyl (C=O) groups excluding carboxylic acids is 4. The van der Waals surface area contributed by atoms with Gasteiger partial charge >= 0.3 is 35.7 Å². The molecule has 1 fully saturated rings. The van der Waals surface area contributed by atoms with Crippen molar-refractivity contribution in [2.45, 2.75) is 31.2 Å². The van der Waals surface area contributed by atoms with E-state index in [1.165, 1.54) is 52.5 Å². The van der Waals surface area contributed by atoms with Crippen molar-refractivity contribution in [1.29, 1.82) is 0 Å². The Kier molecular flexibility index (Phi) is 11.7. The molecule has 3 aliphatic heterocycles. The molecule has 0 bridgehead atoms. The minimum atomic E-state index is -2.64. The van der Waals surface area contributed by atoms with Crippen LogP contribution in [-0.2, 0) is 51.1 Å². The van der Waals surface area contributed by atoms with Gasteiger partial charge in [-0.2, -0.15) is 0 Å². The average Bonchev–Trinajstić information content (AvgIpc) is 3.46. The summed E-state index contributed by atoms with van der Waals surface area (Å²) in [7, 11) is 9.02. The number of aromatic nitrogens is 1. The molecule has 0 saturated carbocycles. The standard InChI is InChI=1S/C39H41N3O14/c1-47-28-10-9-25(35(50-4)37(28)52-6)8-7-17-41-18-19-42(23-24-15-16-40-27(20-24)26-21-29(48-2)36(51-5)30(22-26)49-3)39(55-33(45)13-14-34(46)56-39)38(41)53-31(43)11-12-32(44)54-38/h9-16,20-22H,7-8,17-19,23H2,1-6H3. The molecule has 0 atom stereocenters. The molecule has 17 nitrogen and oxygen atoms in total. The van der Waals surface area contributed by atoms with Crippen LogP contribution in [0.2, 0.25) is 0 Å². The molecule has 56 heavy (non-hydrogen) atoms. The summed E-state index contributed by atoms with van der Waals surface area (Å²) in [6, 6.07) is 10.5. The van der Waals surface area contributed by atoms with Gasteiger partial charge in [0.05, 0.1) is 48.4 Å². The van der Waals surface area contributed by atoms with Crippen molar-refractivity contribution in [3.63, 3.8) is 0 Å². The molecule has 17 heteroatoms. The first-order chi connectivity index (χ1) is 27.0. The molecule has 0 radical (unpaired) electrons. The van der Waals surface area contributed by atoms with Crippen LogP contribution >= 0.6 is 0 Å². The molecule has 0 N–H and O–H groups in total. The molecule has 1 saturated heterocycles. The van der Waals surface area contributed by atoms with Crippen LogP contribution in [0.5, 0.6) is 34.5 Å². The fourth-order valence-corrected chi connectivity index (χ4v) is 6.89. The van der Waals surface area contributed by atoms with Crippen LogP contribution in [0.25, 0.3) is 11.3 Å². The van der Waals surface area contributed by atoms with Crippen molar-refractivity contribution in [2.75, 3.05) is 62.3 Å². The predicted octanol–water partition coefficient (Wildman–Crippen LogP) is 3.17. The molecule has 0 unspecified atom stereocenters. The third-order valence-electron chi connectivity index (χ3n) is 9.36. The Morgan fingerprint density at radius 1 is 0.607 bits per heavy atom. The van der Waals surface area contributed by atoms with Crippen molar-refractivity contribution in [2.24, 2.45) is 0 Å². The average molecular weight is 776 g/mol. The lowest BCUT2D eigenvalue weighted by atomic mass is 10.0. The molecule has 3 aliphatic rings. The number of pyridine rings is 1. The van der Waals surface area contributed by atoms with Crippen molar-refractivity contribution >= 4 is 23.9 Å². The van der Waals surface area contributed by atoms with Gasteiger partial charge < -0.3 is 47.4 Å². The van der Waals surface area contributed by atoms with E-state index in [0.717, 1.165) is 29.9 Å². The maximum atomic E-state index is 13.3. The number of esters is 4. The normalized spacial score (nSPS) is 17.6. The Morgan fingerprint density at radius 3 is 1.64 bits per heavy atom. The molecule has 2 aromatic carbocycles. The lowest BCUT2D eigenvalue weighted by molar-refractivity contribution is -0.464. The van der Waals surface area contributed by atoms with Gasteiger partial charge in [0.15, 0.2) is 23.0 Å². The van der Waals surface area contributed by atoms with Crippen molar-refractivity contribution in [1.82, 2.24) is 14.8 Å². The van der Waals surface area contributed by atoms with Crippen LogP contribution in [0.1, 0.15) is 17.5 Å². The number of hydrogen-bond acceptors (Lipinski definition) is 17. The second kappa shape index (κ2) is 16.6. The third-order valence-corrected chi connectivity index (χ3v) is 9.36. The summed E-state index contributed by atoms with van der Waals surface area (Å²) in [4.78, 5) is 60.7. The van der Waals surface area contributed by atoms with Crippen molar-refractivity contribution in [3.8, 4) is 45.8 Å². The van der Waals surface area contributed by atoms with E-state index in [9.17, 15) is 19.2 Å². The Bertz CT molecular complexity index is 2000. The fraction of sp³-hybridized carbons (Fsp3) is 0.359. The van der Waals surface area contributed by atoms with Crippen LogP contribution in [0.3, 0.4) is 0 Å². The van der Waals surface area contributed by atoms with E-state index in [0.29, 0.717) is 64.2 Å². The third kappa shape index (κ3) is 7.37. The van der Waals surface area contributed by atoms with Gasteiger partial charge in [0.2, 0.25) is 11.5 Å². The number of carbonyl (C=O) groups is 4. The number of ether oxygens (including phenoxy) is 10. The van der Waals surface area contributed by atoms with Crippen LogP contribution in [0, 0.1) is 0 Å². The number of piperazine rings is 1. The van der Waals surface area contributed by atoms with Gasteiger partial charge in [0, 0.05) is 62.2 Å². The molecule has 6 rings (SSSR count). The molecule has 0 aliphatic carbocycles. The van der Waals surface area contributed by atoms with Gasteiger partial charge in [-0.25, -0.2) is 29.0 Å². The van der Waals surface area contributed by atoms with Crippen LogP contribution < -0.4 is 28.4 Å². The van der Waals surface area contributed by atoms with E-state index in [1.807, 2.05) is 6.07 Å². The van der Waals surface area contributed by atoms with Crippen molar-refractivity contribution in [3.05, 3.63) is 78.0 Å². The lowest BCUT2D eigenvalue weighted by Gasteiger charge is -2.55. The predicted molar refractivity (Wildman–Crippen MR) is 194 cm³/mol. The first-order valence-corrected chi connectivity index (χ1v) is 17.4. The van der Waals surface area contributed by atoms with Gasteiger partial charge in [-0.1, -0.05) is 6.07 Å². The summed E-state index contributed by atoms with van der Waals surface area (Å²) >= 11 is 0. The van der Waals surface area contributed by atoms with Gasteiger partial charge in [0.25, 0.3) is 0 Å². The van der Waals surface area contributed by atoms with Gasteiger partial charge in [0.1, 0.15) is 0 Å². The smallest absolute Gasteiger partial charge is 0.420 e. The first kappa shape index (κ1) is 39.4. The second-order valence-corrected chi connectivity index (χ2v) is 12.5. The number of fused-ring (bicyclic) bond motifs is 1. The van der Waals surface area contributed by atoms with Gasteiger partial charge in [-0.05, 0) is 54.3 Å². The van der Waals surface area contributed by atoms with E-state index >= 15 is 0 Å². The summed E-state index contributed by atoms with van der Waals surface area (Å²) in [5, 5.41) is 0. The maximum absolute atomic E-state index is 13.3. The SMILES string of the molecule is COc1cc(-c2cc(CN3CCN(CCCc4ccc(OC)c(OC)c4OC)C4(OC(=O)C=CC(=O)O4)C34OC(=O)C=CC(=O)O4)ccn2)cc(OC)c1OC.